The number of sulfonamides is 1. The number of hydrogen-bond acceptors (Lipinski definition) is 8. The number of hydrogen-bond donors (Lipinski definition) is 2. The van der Waals surface area contributed by atoms with Crippen LogP contribution < -0.4 is 10.9 Å². The van der Waals surface area contributed by atoms with Gasteiger partial charge in [-0.25, -0.2) is 17.7 Å². The minimum atomic E-state index is -3.20. The predicted octanol–water partition coefficient (Wildman–Crippen LogP) is 1.17. The van der Waals surface area contributed by atoms with Gasteiger partial charge in [-0.1, -0.05) is 0 Å². The second-order valence-electron chi connectivity index (χ2n) is 9.00. The molecule has 0 bridgehead atoms. The van der Waals surface area contributed by atoms with Gasteiger partial charge in [-0.15, -0.1) is 0 Å². The number of pyridine rings is 1. The minimum Gasteiger partial charge on any atom is -0.388 e. The van der Waals surface area contributed by atoms with Gasteiger partial charge in [0.1, 0.15) is 5.65 Å². The first-order valence-corrected chi connectivity index (χ1v) is 12.7. The van der Waals surface area contributed by atoms with Crippen LogP contribution in [-0.2, 0) is 16.4 Å². The summed E-state index contributed by atoms with van der Waals surface area (Å²) >= 11 is 0. The fourth-order valence-corrected chi connectivity index (χ4v) is 5.67. The van der Waals surface area contributed by atoms with Gasteiger partial charge in [0.15, 0.2) is 0 Å². The van der Waals surface area contributed by atoms with Gasteiger partial charge < -0.3 is 10.4 Å². The van der Waals surface area contributed by atoms with Gasteiger partial charge >= 0.3 is 0 Å². The summed E-state index contributed by atoms with van der Waals surface area (Å²) in [7, 11) is -3.20. The maximum absolute atomic E-state index is 13.2. The summed E-state index contributed by atoms with van der Waals surface area (Å²) in [5, 5.41) is 23.9. The van der Waals surface area contributed by atoms with Crippen LogP contribution in [0.15, 0.2) is 17.1 Å². The Kier molecular flexibility index (Phi) is 5.96. The molecule has 2 atom stereocenters. The first-order chi connectivity index (χ1) is 15.1. The lowest BCUT2D eigenvalue weighted by atomic mass is 9.99. The van der Waals surface area contributed by atoms with Crippen molar-refractivity contribution >= 4 is 27.0 Å². The largest absolute Gasteiger partial charge is 0.388 e. The highest BCUT2D eigenvalue weighted by Gasteiger charge is 2.40. The molecule has 2 aromatic heterocycles. The van der Waals surface area contributed by atoms with Gasteiger partial charge in [-0.05, 0) is 45.1 Å². The molecule has 0 amide bonds. The van der Waals surface area contributed by atoms with Crippen molar-refractivity contribution in [3.63, 3.8) is 0 Å². The number of aliphatic hydroxyl groups is 1. The molecular weight excluding hydrogens is 432 g/mol. The lowest BCUT2D eigenvalue weighted by Gasteiger charge is -2.31. The van der Waals surface area contributed by atoms with E-state index in [1.807, 2.05) is 6.07 Å². The molecule has 3 heterocycles. The maximum atomic E-state index is 13.2. The molecule has 32 heavy (non-hydrogen) atoms. The molecule has 11 heteroatoms. The van der Waals surface area contributed by atoms with E-state index in [-0.39, 0.29) is 18.0 Å². The number of aromatic nitrogens is 3. The maximum Gasteiger partial charge on any atom is 0.256 e. The van der Waals surface area contributed by atoms with Crippen LogP contribution in [0.4, 0.5) is 5.95 Å². The molecule has 2 unspecified atom stereocenters. The molecule has 1 aliphatic carbocycles. The third kappa shape index (κ3) is 4.35. The Morgan fingerprint density at radius 2 is 2.06 bits per heavy atom. The molecule has 2 aliphatic rings. The molecule has 0 aromatic carbocycles. The van der Waals surface area contributed by atoms with Crippen LogP contribution in [0.3, 0.4) is 0 Å². The summed E-state index contributed by atoms with van der Waals surface area (Å²) in [6.45, 7) is 2.59. The molecule has 10 nitrogen and oxygen atoms in total. The van der Waals surface area contributed by atoms with Crippen molar-refractivity contribution in [1.29, 1.82) is 5.26 Å². The Hall–Kier alpha value is -2.55. The van der Waals surface area contributed by atoms with E-state index in [0.717, 1.165) is 6.42 Å². The van der Waals surface area contributed by atoms with Gasteiger partial charge in [-0.3, -0.25) is 9.36 Å². The normalized spacial score (nSPS) is 25.1. The van der Waals surface area contributed by atoms with Crippen molar-refractivity contribution in [3.8, 4) is 6.07 Å². The zero-order valence-corrected chi connectivity index (χ0v) is 19.1. The number of nitrogens with zero attached hydrogens (tertiary/aromatic N) is 5. The number of nitriles is 1. The lowest BCUT2D eigenvalue weighted by molar-refractivity contribution is 0.0266. The Morgan fingerprint density at radius 3 is 2.66 bits per heavy atom. The van der Waals surface area contributed by atoms with Crippen LogP contribution >= 0.6 is 0 Å². The highest BCUT2D eigenvalue weighted by Crippen LogP contribution is 2.39. The molecule has 2 fully saturated rings. The summed E-state index contributed by atoms with van der Waals surface area (Å²) in [6.07, 6.45) is 6.09. The van der Waals surface area contributed by atoms with Crippen molar-refractivity contribution in [2.45, 2.75) is 63.1 Å². The molecule has 2 N–H and O–H groups in total. The quantitative estimate of drug-likeness (QED) is 0.677. The molecule has 2 aromatic rings. The average molecular weight is 461 g/mol. The molecular formula is C21H28N6O4S. The summed E-state index contributed by atoms with van der Waals surface area (Å²) in [5.41, 5.74) is -0.564. The van der Waals surface area contributed by atoms with Crippen molar-refractivity contribution < 1.29 is 13.5 Å². The third-order valence-corrected chi connectivity index (χ3v) is 7.87. The lowest BCUT2D eigenvalue weighted by Crippen LogP contribution is -2.42. The van der Waals surface area contributed by atoms with E-state index in [0.29, 0.717) is 61.3 Å². The average Bonchev–Trinajstić information content (AvgIpc) is 3.07. The minimum absolute atomic E-state index is 0.0121. The van der Waals surface area contributed by atoms with Crippen molar-refractivity contribution in [1.82, 2.24) is 18.8 Å². The number of fused-ring (bicyclic) bond motifs is 1. The zero-order chi connectivity index (χ0) is 23.1. The fraction of sp³-hybridized carbons (Fsp3) is 0.619. The Morgan fingerprint density at radius 1 is 1.34 bits per heavy atom. The van der Waals surface area contributed by atoms with Crippen LogP contribution in [0.5, 0.6) is 0 Å². The monoisotopic (exact) mass is 460 g/mol. The van der Waals surface area contributed by atoms with Crippen LogP contribution in [0, 0.1) is 11.3 Å². The van der Waals surface area contributed by atoms with Crippen LogP contribution in [0.1, 0.15) is 50.6 Å². The zero-order valence-electron chi connectivity index (χ0n) is 18.3. The molecule has 1 saturated carbocycles. The van der Waals surface area contributed by atoms with E-state index in [9.17, 15) is 18.3 Å². The van der Waals surface area contributed by atoms with Gasteiger partial charge in [0.25, 0.3) is 5.56 Å². The van der Waals surface area contributed by atoms with Gasteiger partial charge in [0, 0.05) is 36.3 Å². The van der Waals surface area contributed by atoms with E-state index >= 15 is 0 Å². The van der Waals surface area contributed by atoms with Gasteiger partial charge in [0.2, 0.25) is 16.0 Å². The predicted molar refractivity (Wildman–Crippen MR) is 120 cm³/mol. The standard InChI is InChI=1S/C21H28N6O4S/c1-21(29)8-3-4-17(21)27-18-15(12-14(5-9-22)19(27)28)13-23-20(25-18)24-16-6-10-26(11-7-16)32(2,30)31/h12-13,16-17,29H,3-8,10-11H2,1-2H3,(H,23,24,25). The van der Waals surface area contributed by atoms with Gasteiger partial charge in [0.05, 0.1) is 30.4 Å². The summed E-state index contributed by atoms with van der Waals surface area (Å²) in [4.78, 5) is 22.2. The Bertz CT molecular complexity index is 1230. The third-order valence-electron chi connectivity index (χ3n) is 6.56. The summed E-state index contributed by atoms with van der Waals surface area (Å²) < 4.78 is 26.5. The van der Waals surface area contributed by atoms with E-state index in [4.69, 9.17) is 5.26 Å². The first-order valence-electron chi connectivity index (χ1n) is 10.8. The van der Waals surface area contributed by atoms with Gasteiger partial charge in [-0.2, -0.15) is 10.2 Å². The second kappa shape index (κ2) is 8.42. The fourth-order valence-electron chi connectivity index (χ4n) is 4.80. The Balaban J connectivity index is 1.69. The van der Waals surface area contributed by atoms with Crippen molar-refractivity contribution in [2.24, 2.45) is 0 Å². The highest BCUT2D eigenvalue weighted by molar-refractivity contribution is 7.88. The van der Waals surface area contributed by atoms with Crippen molar-refractivity contribution in [2.75, 3.05) is 24.7 Å². The molecule has 4 rings (SSSR count). The smallest absolute Gasteiger partial charge is 0.256 e. The van der Waals surface area contributed by atoms with Crippen LogP contribution in [-0.4, -0.2) is 63.4 Å². The number of piperidine rings is 1. The molecule has 0 spiro atoms. The van der Waals surface area contributed by atoms with E-state index in [1.54, 1.807) is 19.2 Å². The van der Waals surface area contributed by atoms with Crippen molar-refractivity contribution in [3.05, 3.63) is 28.2 Å². The second-order valence-corrected chi connectivity index (χ2v) is 11.0. The first kappa shape index (κ1) is 22.6. The highest BCUT2D eigenvalue weighted by atomic mass is 32.2. The van der Waals surface area contributed by atoms with E-state index in [1.165, 1.54) is 15.1 Å². The molecule has 172 valence electrons. The van der Waals surface area contributed by atoms with E-state index in [2.05, 4.69) is 15.3 Å². The van der Waals surface area contributed by atoms with Crippen LogP contribution in [0.2, 0.25) is 0 Å². The number of rotatable bonds is 5. The summed E-state index contributed by atoms with van der Waals surface area (Å²) in [6, 6.07) is 3.26. The topological polar surface area (TPSA) is 141 Å². The number of nitrogens with one attached hydrogen (secondary N) is 1. The van der Waals surface area contributed by atoms with E-state index < -0.39 is 21.7 Å². The SMILES string of the molecule is CC1(O)CCCC1n1c(=O)c(CC#N)cc2cnc(NC3CCN(S(C)(=O)=O)CC3)nc21. The molecule has 1 aliphatic heterocycles. The Labute approximate surface area is 186 Å². The molecule has 0 radical (unpaired) electrons. The molecule has 1 saturated heterocycles. The summed E-state index contributed by atoms with van der Waals surface area (Å²) in [5.74, 6) is 0.356. The van der Waals surface area contributed by atoms with Crippen LogP contribution in [0.25, 0.3) is 11.0 Å². The number of anilines is 1.